The van der Waals surface area contributed by atoms with Crippen molar-refractivity contribution in [2.75, 3.05) is 18.0 Å². The second-order valence-electron chi connectivity index (χ2n) is 5.02. The Morgan fingerprint density at radius 3 is 2.29 bits per heavy atom. The summed E-state index contributed by atoms with van der Waals surface area (Å²) in [5.74, 6) is -0.107. The molecule has 3 nitrogen and oxygen atoms in total. The van der Waals surface area contributed by atoms with Crippen molar-refractivity contribution in [1.82, 2.24) is 0 Å². The smallest absolute Gasteiger partial charge is 0.197 e. The quantitative estimate of drug-likeness (QED) is 0.849. The molecule has 0 aliphatic rings. The molecule has 0 unspecified atom stereocenters. The van der Waals surface area contributed by atoms with E-state index in [1.54, 1.807) is 18.2 Å². The predicted molar refractivity (Wildman–Crippen MR) is 86.3 cm³/mol. The van der Waals surface area contributed by atoms with Gasteiger partial charge in [-0.1, -0.05) is 24.3 Å². The molecule has 2 aromatic carbocycles. The van der Waals surface area contributed by atoms with Gasteiger partial charge in [0.1, 0.15) is 5.75 Å². The van der Waals surface area contributed by atoms with E-state index < -0.39 is 0 Å². The van der Waals surface area contributed by atoms with Crippen LogP contribution in [-0.2, 0) is 0 Å². The van der Waals surface area contributed by atoms with Crippen molar-refractivity contribution < 1.29 is 9.90 Å². The Balaban J connectivity index is 2.38. The first-order valence-electron chi connectivity index (χ1n) is 7.26. The van der Waals surface area contributed by atoms with Crippen LogP contribution in [0.15, 0.2) is 42.5 Å². The summed E-state index contributed by atoms with van der Waals surface area (Å²) in [6, 6.07) is 12.7. The molecule has 1 N–H and O–H groups in total. The zero-order valence-electron chi connectivity index (χ0n) is 12.8. The minimum Gasteiger partial charge on any atom is -0.507 e. The molecule has 2 rings (SSSR count). The van der Waals surface area contributed by atoms with Crippen LogP contribution in [0.2, 0.25) is 0 Å². The van der Waals surface area contributed by atoms with Gasteiger partial charge in [-0.2, -0.15) is 0 Å². The number of ketones is 1. The number of carbonyl (C=O) groups excluding carboxylic acids is 1. The van der Waals surface area contributed by atoms with Crippen molar-refractivity contribution in [3.8, 4) is 5.75 Å². The summed E-state index contributed by atoms with van der Waals surface area (Å²) in [4.78, 5) is 14.7. The van der Waals surface area contributed by atoms with Crippen LogP contribution in [0.5, 0.6) is 5.75 Å². The van der Waals surface area contributed by atoms with E-state index >= 15 is 0 Å². The molecule has 0 saturated heterocycles. The lowest BCUT2D eigenvalue weighted by atomic mass is 9.98. The van der Waals surface area contributed by atoms with Gasteiger partial charge in [-0.3, -0.25) is 4.79 Å². The Morgan fingerprint density at radius 2 is 1.71 bits per heavy atom. The van der Waals surface area contributed by atoms with E-state index in [9.17, 15) is 9.90 Å². The van der Waals surface area contributed by atoms with Crippen LogP contribution in [0.1, 0.15) is 35.3 Å². The Labute approximate surface area is 125 Å². The Bertz CT molecular complexity index is 645. The molecule has 0 radical (unpaired) electrons. The van der Waals surface area contributed by atoms with E-state index in [2.05, 4.69) is 18.7 Å². The molecular weight excluding hydrogens is 262 g/mol. The van der Waals surface area contributed by atoms with Crippen LogP contribution in [0, 0.1) is 6.92 Å². The highest BCUT2D eigenvalue weighted by Crippen LogP contribution is 2.27. The van der Waals surface area contributed by atoms with Gasteiger partial charge in [0, 0.05) is 30.4 Å². The summed E-state index contributed by atoms with van der Waals surface area (Å²) in [6.45, 7) is 7.75. The topological polar surface area (TPSA) is 40.5 Å². The van der Waals surface area contributed by atoms with Crippen LogP contribution < -0.4 is 4.90 Å². The van der Waals surface area contributed by atoms with Crippen LogP contribution in [0.25, 0.3) is 0 Å². The van der Waals surface area contributed by atoms with E-state index in [-0.39, 0.29) is 11.5 Å². The first-order chi connectivity index (χ1) is 10.1. The van der Waals surface area contributed by atoms with Crippen molar-refractivity contribution in [3.63, 3.8) is 0 Å². The number of hydrogen-bond acceptors (Lipinski definition) is 3. The number of aromatic hydroxyl groups is 1. The molecule has 0 aliphatic heterocycles. The molecule has 21 heavy (non-hydrogen) atoms. The fourth-order valence-corrected chi connectivity index (χ4v) is 2.47. The van der Waals surface area contributed by atoms with Gasteiger partial charge in [-0.25, -0.2) is 0 Å². The predicted octanol–water partition coefficient (Wildman–Crippen LogP) is 3.78. The highest BCUT2D eigenvalue weighted by atomic mass is 16.3. The Hall–Kier alpha value is -2.29. The fraction of sp³-hybridized carbons (Fsp3) is 0.278. The maximum Gasteiger partial charge on any atom is 0.197 e. The molecule has 0 aliphatic carbocycles. The molecule has 0 amide bonds. The van der Waals surface area contributed by atoms with Crippen LogP contribution in [-0.4, -0.2) is 24.0 Å². The van der Waals surface area contributed by atoms with Crippen molar-refractivity contribution in [2.45, 2.75) is 20.8 Å². The highest BCUT2D eigenvalue weighted by Gasteiger charge is 2.16. The SMILES string of the molecule is CCN(CC)c1ccc(C(=O)c2ccccc2C)c(O)c1. The maximum absolute atomic E-state index is 12.5. The van der Waals surface area contributed by atoms with Gasteiger partial charge in [0.05, 0.1) is 5.56 Å². The van der Waals surface area contributed by atoms with Gasteiger partial charge in [0.15, 0.2) is 5.78 Å². The van der Waals surface area contributed by atoms with Crippen molar-refractivity contribution in [1.29, 1.82) is 0 Å². The molecule has 0 spiro atoms. The average molecular weight is 283 g/mol. The lowest BCUT2D eigenvalue weighted by molar-refractivity contribution is 0.103. The van der Waals surface area contributed by atoms with Gasteiger partial charge in [-0.15, -0.1) is 0 Å². The standard InChI is InChI=1S/C18H21NO2/c1-4-19(5-2)14-10-11-16(17(20)12-14)18(21)15-9-7-6-8-13(15)3/h6-12,20H,4-5H2,1-3H3. The fourth-order valence-electron chi connectivity index (χ4n) is 2.47. The van der Waals surface area contributed by atoms with E-state index in [1.165, 1.54) is 0 Å². The number of anilines is 1. The number of benzene rings is 2. The molecule has 110 valence electrons. The first-order valence-corrected chi connectivity index (χ1v) is 7.26. The van der Waals surface area contributed by atoms with Crippen LogP contribution in [0.4, 0.5) is 5.69 Å². The van der Waals surface area contributed by atoms with E-state index in [0.717, 1.165) is 24.3 Å². The van der Waals surface area contributed by atoms with Gasteiger partial charge in [0.25, 0.3) is 0 Å². The second-order valence-corrected chi connectivity index (χ2v) is 5.02. The van der Waals surface area contributed by atoms with E-state index in [0.29, 0.717) is 11.1 Å². The second kappa shape index (κ2) is 6.44. The number of hydrogen-bond donors (Lipinski definition) is 1. The summed E-state index contributed by atoms with van der Waals surface area (Å²) >= 11 is 0. The Kier molecular flexibility index (Phi) is 4.63. The molecular formula is C18H21NO2. The van der Waals surface area contributed by atoms with Gasteiger partial charge in [0.2, 0.25) is 0 Å². The number of phenolic OH excluding ortho intramolecular Hbond substituents is 1. The maximum atomic E-state index is 12.5. The molecule has 0 aromatic heterocycles. The lowest BCUT2D eigenvalue weighted by Crippen LogP contribution is -2.21. The number of carbonyl (C=O) groups is 1. The minimum absolute atomic E-state index is 0.0349. The highest BCUT2D eigenvalue weighted by molar-refractivity contribution is 6.11. The van der Waals surface area contributed by atoms with Crippen LogP contribution >= 0.6 is 0 Å². The summed E-state index contributed by atoms with van der Waals surface area (Å²) in [5, 5.41) is 10.2. The number of rotatable bonds is 5. The monoisotopic (exact) mass is 283 g/mol. The lowest BCUT2D eigenvalue weighted by Gasteiger charge is -2.21. The third-order valence-corrected chi connectivity index (χ3v) is 3.74. The minimum atomic E-state index is -0.142. The van der Waals surface area contributed by atoms with Crippen LogP contribution in [0.3, 0.4) is 0 Å². The summed E-state index contributed by atoms with van der Waals surface area (Å²) in [6.07, 6.45) is 0. The Morgan fingerprint density at radius 1 is 1.05 bits per heavy atom. The molecule has 0 heterocycles. The van der Waals surface area contributed by atoms with Crippen molar-refractivity contribution >= 4 is 11.5 Å². The summed E-state index contributed by atoms with van der Waals surface area (Å²) in [5.41, 5.74) is 2.82. The number of aryl methyl sites for hydroxylation is 1. The normalized spacial score (nSPS) is 10.4. The summed E-state index contributed by atoms with van der Waals surface area (Å²) in [7, 11) is 0. The van der Waals surface area contributed by atoms with Gasteiger partial charge >= 0.3 is 0 Å². The molecule has 0 bridgehead atoms. The molecule has 0 fully saturated rings. The summed E-state index contributed by atoms with van der Waals surface area (Å²) < 4.78 is 0. The third-order valence-electron chi connectivity index (χ3n) is 3.74. The third kappa shape index (κ3) is 3.07. The van der Waals surface area contributed by atoms with E-state index in [1.807, 2.05) is 31.2 Å². The zero-order chi connectivity index (χ0) is 15.4. The van der Waals surface area contributed by atoms with Crippen molar-refractivity contribution in [2.24, 2.45) is 0 Å². The van der Waals surface area contributed by atoms with Crippen molar-refractivity contribution in [3.05, 3.63) is 59.2 Å². The van der Waals surface area contributed by atoms with Gasteiger partial charge in [-0.05, 0) is 38.5 Å². The van der Waals surface area contributed by atoms with E-state index in [4.69, 9.17) is 0 Å². The number of nitrogens with zero attached hydrogens (tertiary/aromatic N) is 1. The zero-order valence-corrected chi connectivity index (χ0v) is 12.8. The van der Waals surface area contributed by atoms with Gasteiger partial charge < -0.3 is 10.0 Å². The average Bonchev–Trinajstić information content (AvgIpc) is 2.48. The molecule has 3 heteroatoms. The molecule has 0 saturated carbocycles. The largest absolute Gasteiger partial charge is 0.507 e. The molecule has 2 aromatic rings. The molecule has 0 atom stereocenters. The first kappa shape index (κ1) is 15.1. The number of phenols is 1.